The fourth-order valence-corrected chi connectivity index (χ4v) is 0.380. The van der Waals surface area contributed by atoms with Crippen LogP contribution in [0.4, 0.5) is 4.79 Å². The molecule has 5 nitrogen and oxygen atoms in total. The minimum atomic E-state index is -0.914. The quantitative estimate of drug-likeness (QED) is 0.354. The van der Waals surface area contributed by atoms with E-state index in [2.05, 4.69) is 10.6 Å². The first-order chi connectivity index (χ1) is 5.66. The summed E-state index contributed by atoms with van der Waals surface area (Å²) in [5.41, 5.74) is 6.32. The Morgan fingerprint density at radius 2 is 2.08 bits per heavy atom. The Balaban J connectivity index is 3.67. The molecule has 3 N–H and O–H groups in total. The number of amides is 2. The molecule has 0 fully saturated rings. The molecule has 12 heavy (non-hydrogen) atoms. The molecule has 0 atom stereocenters. The fourth-order valence-electron chi connectivity index (χ4n) is 0.380. The molecule has 0 aliphatic carbocycles. The number of primary amides is 1. The Morgan fingerprint density at radius 1 is 1.42 bits per heavy atom. The predicted molar refractivity (Wildman–Crippen MR) is 42.8 cm³/mol. The summed E-state index contributed by atoms with van der Waals surface area (Å²) in [4.78, 5) is 24.8. The number of urea groups is 1. The maximum absolute atomic E-state index is 10.6. The second-order valence-electron chi connectivity index (χ2n) is 1.77. The van der Waals surface area contributed by atoms with Crippen LogP contribution in [-0.2, 0) is 9.63 Å². The zero-order valence-corrected chi connectivity index (χ0v) is 6.61. The van der Waals surface area contributed by atoms with Crippen LogP contribution in [0, 0.1) is 0 Å². The van der Waals surface area contributed by atoms with Crippen molar-refractivity contribution in [2.75, 3.05) is 0 Å². The van der Waals surface area contributed by atoms with Gasteiger partial charge in [0.1, 0.15) is 0 Å². The molecule has 0 aromatic carbocycles. The molecule has 66 valence electrons. The van der Waals surface area contributed by atoms with Crippen molar-refractivity contribution < 1.29 is 14.4 Å². The monoisotopic (exact) mass is 170 g/mol. The summed E-state index contributed by atoms with van der Waals surface area (Å²) in [7, 11) is 0. The lowest BCUT2D eigenvalue weighted by Crippen LogP contribution is -2.31. The van der Waals surface area contributed by atoms with Gasteiger partial charge < -0.3 is 10.6 Å². The van der Waals surface area contributed by atoms with E-state index in [4.69, 9.17) is 0 Å². The molecule has 5 heteroatoms. The molecule has 0 aliphatic rings. The van der Waals surface area contributed by atoms with E-state index in [1.807, 2.05) is 0 Å². The van der Waals surface area contributed by atoms with Crippen LogP contribution in [0.15, 0.2) is 24.3 Å². The highest BCUT2D eigenvalue weighted by Crippen LogP contribution is 1.79. The SMILES string of the molecule is C/C=C/C=C/C(=O)ONC(N)=O. The molecule has 0 spiro atoms. The van der Waals surface area contributed by atoms with Gasteiger partial charge >= 0.3 is 12.0 Å². The van der Waals surface area contributed by atoms with Gasteiger partial charge in [-0.05, 0) is 6.92 Å². The van der Waals surface area contributed by atoms with Gasteiger partial charge in [0.15, 0.2) is 0 Å². The molecule has 0 unspecified atom stereocenters. The van der Waals surface area contributed by atoms with Gasteiger partial charge in [0.25, 0.3) is 0 Å². The van der Waals surface area contributed by atoms with Gasteiger partial charge in [0, 0.05) is 6.08 Å². The van der Waals surface area contributed by atoms with Gasteiger partial charge in [-0.1, -0.05) is 18.2 Å². The Hall–Kier alpha value is -1.78. The lowest BCUT2D eigenvalue weighted by Gasteiger charge is -1.97. The van der Waals surface area contributed by atoms with E-state index in [-0.39, 0.29) is 0 Å². The maximum Gasteiger partial charge on any atom is 0.355 e. The molecular formula is C7H10N2O3. The molecule has 0 heterocycles. The topological polar surface area (TPSA) is 81.4 Å². The van der Waals surface area contributed by atoms with Crippen LogP contribution in [0.25, 0.3) is 0 Å². The summed E-state index contributed by atoms with van der Waals surface area (Å²) >= 11 is 0. The summed E-state index contributed by atoms with van der Waals surface area (Å²) in [5.74, 6) is -0.688. The molecule has 2 amide bonds. The van der Waals surface area contributed by atoms with Crippen LogP contribution < -0.4 is 11.2 Å². The van der Waals surface area contributed by atoms with Crippen molar-refractivity contribution >= 4 is 12.0 Å². The average Bonchev–Trinajstić information content (AvgIpc) is 2.01. The molecule has 0 aromatic heterocycles. The van der Waals surface area contributed by atoms with Gasteiger partial charge in [-0.25, -0.2) is 9.59 Å². The van der Waals surface area contributed by atoms with E-state index in [0.29, 0.717) is 0 Å². The van der Waals surface area contributed by atoms with Crippen LogP contribution in [0.2, 0.25) is 0 Å². The third-order valence-corrected chi connectivity index (χ3v) is 0.788. The normalized spacial score (nSPS) is 10.4. The Labute approximate surface area is 69.8 Å². The van der Waals surface area contributed by atoms with Gasteiger partial charge in [-0.2, -0.15) is 5.48 Å². The zero-order valence-electron chi connectivity index (χ0n) is 6.61. The summed E-state index contributed by atoms with van der Waals surface area (Å²) < 4.78 is 0. The number of nitrogens with one attached hydrogen (secondary N) is 1. The smallest absolute Gasteiger partial charge is 0.349 e. The number of hydroxylamine groups is 1. The van der Waals surface area contributed by atoms with Crippen LogP contribution in [0.5, 0.6) is 0 Å². The molecule has 0 saturated carbocycles. The minimum Gasteiger partial charge on any atom is -0.349 e. The van der Waals surface area contributed by atoms with Crippen LogP contribution in [0.1, 0.15) is 6.92 Å². The number of hydrogen-bond donors (Lipinski definition) is 2. The van der Waals surface area contributed by atoms with E-state index in [1.54, 1.807) is 24.6 Å². The van der Waals surface area contributed by atoms with Crippen LogP contribution in [0.3, 0.4) is 0 Å². The molecule has 0 rings (SSSR count). The summed E-state index contributed by atoms with van der Waals surface area (Å²) in [6.07, 6.45) is 6.01. The van der Waals surface area contributed by atoms with Crippen LogP contribution >= 0.6 is 0 Å². The molecular weight excluding hydrogens is 160 g/mol. The lowest BCUT2D eigenvalue weighted by atomic mass is 10.4. The van der Waals surface area contributed by atoms with Crippen molar-refractivity contribution in [3.8, 4) is 0 Å². The summed E-state index contributed by atoms with van der Waals surface area (Å²) in [5, 5.41) is 0. The highest BCUT2D eigenvalue weighted by molar-refractivity contribution is 5.83. The van der Waals surface area contributed by atoms with Crippen molar-refractivity contribution in [1.29, 1.82) is 0 Å². The highest BCUT2D eigenvalue weighted by atomic mass is 16.7. The van der Waals surface area contributed by atoms with Crippen molar-refractivity contribution in [1.82, 2.24) is 5.48 Å². The lowest BCUT2D eigenvalue weighted by molar-refractivity contribution is -0.142. The third kappa shape index (κ3) is 6.34. The largest absolute Gasteiger partial charge is 0.355 e. The third-order valence-electron chi connectivity index (χ3n) is 0.788. The number of hydrogen-bond acceptors (Lipinski definition) is 3. The number of nitrogens with two attached hydrogens (primary N) is 1. The predicted octanol–water partition coefficient (Wildman–Crippen LogP) is 0.245. The number of allylic oxidation sites excluding steroid dienone is 3. The highest BCUT2D eigenvalue weighted by Gasteiger charge is 1.96. The first-order valence-electron chi connectivity index (χ1n) is 3.22. The fraction of sp³-hybridized carbons (Fsp3) is 0.143. The number of carbonyl (C=O) groups excluding carboxylic acids is 2. The van der Waals surface area contributed by atoms with E-state index >= 15 is 0 Å². The van der Waals surface area contributed by atoms with E-state index in [0.717, 1.165) is 6.08 Å². The number of carbonyl (C=O) groups is 2. The second kappa shape index (κ2) is 5.96. The maximum atomic E-state index is 10.6. The second-order valence-corrected chi connectivity index (χ2v) is 1.77. The average molecular weight is 170 g/mol. The van der Waals surface area contributed by atoms with Gasteiger partial charge in [-0.3, -0.25) is 0 Å². The van der Waals surface area contributed by atoms with Crippen molar-refractivity contribution in [3.05, 3.63) is 24.3 Å². The van der Waals surface area contributed by atoms with E-state index in [9.17, 15) is 9.59 Å². The van der Waals surface area contributed by atoms with Crippen molar-refractivity contribution in [2.24, 2.45) is 5.73 Å². The Morgan fingerprint density at radius 3 is 2.58 bits per heavy atom. The van der Waals surface area contributed by atoms with Crippen LogP contribution in [-0.4, -0.2) is 12.0 Å². The van der Waals surface area contributed by atoms with Crippen molar-refractivity contribution in [2.45, 2.75) is 6.92 Å². The minimum absolute atomic E-state index is 0.688. The van der Waals surface area contributed by atoms with Gasteiger partial charge in [-0.15, -0.1) is 0 Å². The van der Waals surface area contributed by atoms with Gasteiger partial charge in [0.2, 0.25) is 0 Å². The van der Waals surface area contributed by atoms with Crippen molar-refractivity contribution in [3.63, 3.8) is 0 Å². The molecule has 0 radical (unpaired) electrons. The molecule has 0 bridgehead atoms. The standard InChI is InChI=1S/C7H10N2O3/c1-2-3-4-5-6(10)12-9-7(8)11/h2-5H,1H3,(H3,8,9,11)/b3-2+,5-4+. The Bertz CT molecular complexity index is 221. The van der Waals surface area contributed by atoms with E-state index in [1.165, 1.54) is 6.08 Å². The molecule has 0 aromatic rings. The first kappa shape index (κ1) is 10.2. The molecule has 0 saturated heterocycles. The van der Waals surface area contributed by atoms with E-state index < -0.39 is 12.0 Å². The summed E-state index contributed by atoms with van der Waals surface area (Å²) in [6, 6.07) is -0.914. The number of rotatable bonds is 2. The summed E-state index contributed by atoms with van der Waals surface area (Å²) in [6.45, 7) is 1.80. The zero-order chi connectivity index (χ0) is 9.40. The first-order valence-corrected chi connectivity index (χ1v) is 3.22. The molecule has 0 aliphatic heterocycles. The van der Waals surface area contributed by atoms with Gasteiger partial charge in [0.05, 0.1) is 0 Å². The Kier molecular flexibility index (Phi) is 5.08.